The number of methoxy groups -OCH3 is 1. The summed E-state index contributed by atoms with van der Waals surface area (Å²) in [5.41, 5.74) is 6.07. The number of nitrogen functional groups attached to an aromatic ring is 1. The molecule has 0 spiro atoms. The summed E-state index contributed by atoms with van der Waals surface area (Å²) in [6.07, 6.45) is 7.39. The molecule has 0 aliphatic heterocycles. The van der Waals surface area contributed by atoms with Gasteiger partial charge in [-0.15, -0.1) is 12.3 Å². The van der Waals surface area contributed by atoms with Gasteiger partial charge in [-0.05, 0) is 6.42 Å². The van der Waals surface area contributed by atoms with E-state index >= 15 is 0 Å². The molecule has 0 amide bonds. The van der Waals surface area contributed by atoms with Crippen LogP contribution >= 0.6 is 0 Å². The number of nitrogens with two attached hydrogens (primary N) is 1. The monoisotopic (exact) mass is 235 g/mol. The molecule has 0 aliphatic carbocycles. The van der Waals surface area contributed by atoms with Crippen molar-refractivity contribution < 1.29 is 9.53 Å². The summed E-state index contributed by atoms with van der Waals surface area (Å²) in [6.45, 7) is 2.63. The number of rotatable bonds is 5. The van der Waals surface area contributed by atoms with Gasteiger partial charge in [0, 0.05) is 19.4 Å². The Morgan fingerprint density at radius 3 is 2.88 bits per heavy atom. The third-order valence-corrected chi connectivity index (χ3v) is 2.48. The lowest BCUT2D eigenvalue weighted by atomic mass is 10.3. The average molecular weight is 235 g/mol. The molecule has 17 heavy (non-hydrogen) atoms. The lowest BCUT2D eigenvalue weighted by molar-refractivity contribution is 0.0595. The van der Waals surface area contributed by atoms with E-state index < -0.39 is 5.97 Å². The fourth-order valence-corrected chi connectivity index (χ4v) is 1.62. The molecule has 1 heterocycles. The van der Waals surface area contributed by atoms with Crippen LogP contribution in [0.1, 0.15) is 36.1 Å². The second kappa shape index (κ2) is 5.94. The lowest BCUT2D eigenvalue weighted by Gasteiger charge is -2.07. The summed E-state index contributed by atoms with van der Waals surface area (Å²) in [5.74, 6) is 3.19. The second-order valence-corrected chi connectivity index (χ2v) is 3.57. The number of hydrogen-bond acceptors (Lipinski definition) is 4. The van der Waals surface area contributed by atoms with E-state index in [1.54, 1.807) is 0 Å². The van der Waals surface area contributed by atoms with Gasteiger partial charge in [0.05, 0.1) is 7.11 Å². The molecule has 2 N–H and O–H groups in total. The van der Waals surface area contributed by atoms with E-state index in [0.29, 0.717) is 25.2 Å². The molecule has 92 valence electrons. The Morgan fingerprint density at radius 2 is 2.35 bits per heavy atom. The van der Waals surface area contributed by atoms with Crippen molar-refractivity contribution in [1.82, 2.24) is 9.55 Å². The van der Waals surface area contributed by atoms with Crippen LogP contribution in [0, 0.1) is 12.3 Å². The van der Waals surface area contributed by atoms with Crippen LogP contribution in [0.15, 0.2) is 0 Å². The highest BCUT2D eigenvalue weighted by Crippen LogP contribution is 2.17. The molecule has 0 unspecified atom stereocenters. The van der Waals surface area contributed by atoms with E-state index in [0.717, 1.165) is 12.2 Å². The van der Waals surface area contributed by atoms with E-state index in [1.807, 2.05) is 11.5 Å². The number of hydrogen-bond donors (Lipinski definition) is 1. The van der Waals surface area contributed by atoms with E-state index in [-0.39, 0.29) is 5.69 Å². The van der Waals surface area contributed by atoms with Crippen LogP contribution in [-0.2, 0) is 17.7 Å². The molecule has 0 aliphatic rings. The molecule has 0 atom stereocenters. The molecule has 1 aromatic rings. The number of unbranched alkanes of at least 4 members (excludes halogenated alkanes) is 1. The predicted octanol–water partition coefficient (Wildman–Crippen LogP) is 1.23. The first-order valence-electron chi connectivity index (χ1n) is 5.52. The lowest BCUT2D eigenvalue weighted by Crippen LogP contribution is -2.09. The first kappa shape index (κ1) is 13.1. The highest BCUT2D eigenvalue weighted by Gasteiger charge is 2.19. The van der Waals surface area contributed by atoms with Crippen molar-refractivity contribution in [2.75, 3.05) is 12.8 Å². The van der Waals surface area contributed by atoms with Crippen molar-refractivity contribution in [2.45, 2.75) is 32.7 Å². The quantitative estimate of drug-likeness (QED) is 0.473. The summed E-state index contributed by atoms with van der Waals surface area (Å²) in [6, 6.07) is 0. The summed E-state index contributed by atoms with van der Waals surface area (Å²) >= 11 is 0. The Balaban J connectivity index is 2.98. The molecule has 0 saturated heterocycles. The summed E-state index contributed by atoms with van der Waals surface area (Å²) < 4.78 is 6.45. The van der Waals surface area contributed by atoms with Crippen molar-refractivity contribution in [3.63, 3.8) is 0 Å². The molecular formula is C12H17N3O2. The Bertz CT molecular complexity index is 443. The Morgan fingerprint density at radius 1 is 1.65 bits per heavy atom. The highest BCUT2D eigenvalue weighted by atomic mass is 16.5. The maximum atomic E-state index is 11.4. The molecule has 1 aromatic heterocycles. The zero-order valence-corrected chi connectivity index (χ0v) is 10.2. The van der Waals surface area contributed by atoms with Crippen molar-refractivity contribution in [2.24, 2.45) is 0 Å². The number of nitrogens with zero attached hydrogens (tertiary/aromatic N) is 2. The minimum absolute atomic E-state index is 0.185. The van der Waals surface area contributed by atoms with Gasteiger partial charge in [0.2, 0.25) is 0 Å². The zero-order chi connectivity index (χ0) is 12.8. The summed E-state index contributed by atoms with van der Waals surface area (Å²) in [4.78, 5) is 15.6. The van der Waals surface area contributed by atoms with Crippen molar-refractivity contribution in [3.8, 4) is 12.3 Å². The van der Waals surface area contributed by atoms with Crippen LogP contribution in [0.3, 0.4) is 0 Å². The van der Waals surface area contributed by atoms with Gasteiger partial charge in [-0.2, -0.15) is 0 Å². The third-order valence-electron chi connectivity index (χ3n) is 2.48. The number of terminal acetylenes is 1. The van der Waals surface area contributed by atoms with Crippen LogP contribution in [0.25, 0.3) is 0 Å². The van der Waals surface area contributed by atoms with Gasteiger partial charge in [-0.25, -0.2) is 9.78 Å². The topological polar surface area (TPSA) is 70.1 Å². The summed E-state index contributed by atoms with van der Waals surface area (Å²) in [7, 11) is 1.31. The number of aromatic nitrogens is 2. The smallest absolute Gasteiger partial charge is 0.360 e. The van der Waals surface area contributed by atoms with E-state index in [4.69, 9.17) is 12.2 Å². The van der Waals surface area contributed by atoms with Crippen LogP contribution in [-0.4, -0.2) is 22.6 Å². The number of imidazole rings is 1. The molecule has 0 bridgehead atoms. The second-order valence-electron chi connectivity index (χ2n) is 3.57. The standard InChI is InChI=1S/C12H17N3O2/c1-4-6-7-8-15-9(5-2)14-10(11(15)13)12(16)17-3/h1H,5-8,13H2,2-3H3. The van der Waals surface area contributed by atoms with Gasteiger partial charge >= 0.3 is 5.97 Å². The number of aryl methyl sites for hydroxylation is 1. The van der Waals surface area contributed by atoms with Crippen LogP contribution in [0.4, 0.5) is 5.82 Å². The number of esters is 1. The van der Waals surface area contributed by atoms with E-state index in [2.05, 4.69) is 15.6 Å². The van der Waals surface area contributed by atoms with Crippen LogP contribution in [0.2, 0.25) is 0 Å². The average Bonchev–Trinajstić information content (AvgIpc) is 2.66. The molecule has 5 heteroatoms. The van der Waals surface area contributed by atoms with E-state index in [1.165, 1.54) is 7.11 Å². The fraction of sp³-hybridized carbons (Fsp3) is 0.500. The maximum Gasteiger partial charge on any atom is 0.360 e. The fourth-order valence-electron chi connectivity index (χ4n) is 1.62. The summed E-state index contributed by atoms with van der Waals surface area (Å²) in [5, 5.41) is 0. The number of carbonyl (C=O) groups is 1. The van der Waals surface area contributed by atoms with Gasteiger partial charge in [0.15, 0.2) is 5.69 Å². The molecule has 0 saturated carbocycles. The SMILES string of the molecule is C#CCCCn1c(CC)nc(C(=O)OC)c1N. The van der Waals surface area contributed by atoms with Gasteiger partial charge in [-0.3, -0.25) is 0 Å². The molecule has 0 aromatic carbocycles. The first-order chi connectivity index (χ1) is 8.15. The Hall–Kier alpha value is -1.96. The first-order valence-corrected chi connectivity index (χ1v) is 5.52. The van der Waals surface area contributed by atoms with E-state index in [9.17, 15) is 4.79 Å². The number of ether oxygens (including phenoxy) is 1. The van der Waals surface area contributed by atoms with Gasteiger partial charge in [0.1, 0.15) is 11.6 Å². The van der Waals surface area contributed by atoms with Crippen molar-refractivity contribution in [3.05, 3.63) is 11.5 Å². The van der Waals surface area contributed by atoms with Crippen molar-refractivity contribution >= 4 is 11.8 Å². The van der Waals surface area contributed by atoms with Gasteiger partial charge in [0.25, 0.3) is 0 Å². The van der Waals surface area contributed by atoms with Crippen molar-refractivity contribution in [1.29, 1.82) is 0 Å². The minimum Gasteiger partial charge on any atom is -0.464 e. The Kier molecular flexibility index (Phi) is 4.58. The molecular weight excluding hydrogens is 218 g/mol. The number of carbonyl (C=O) groups excluding carboxylic acids is 1. The van der Waals surface area contributed by atoms with Crippen LogP contribution in [0.5, 0.6) is 0 Å². The highest BCUT2D eigenvalue weighted by molar-refractivity contribution is 5.92. The predicted molar refractivity (Wildman–Crippen MR) is 65.4 cm³/mol. The third kappa shape index (κ3) is 2.78. The zero-order valence-electron chi connectivity index (χ0n) is 10.2. The Labute approximate surface area is 101 Å². The largest absolute Gasteiger partial charge is 0.464 e. The molecule has 1 rings (SSSR count). The maximum absolute atomic E-state index is 11.4. The number of anilines is 1. The normalized spacial score (nSPS) is 9.94. The van der Waals surface area contributed by atoms with Crippen LogP contribution < -0.4 is 5.73 Å². The molecule has 5 nitrogen and oxygen atoms in total. The van der Waals surface area contributed by atoms with Gasteiger partial charge < -0.3 is 15.0 Å². The molecule has 0 radical (unpaired) electrons. The molecule has 0 fully saturated rings. The minimum atomic E-state index is -0.507. The van der Waals surface area contributed by atoms with Gasteiger partial charge in [-0.1, -0.05) is 6.92 Å².